The molecule has 0 radical (unpaired) electrons. The van der Waals surface area contributed by atoms with Crippen LogP contribution in [0.25, 0.3) is 0 Å². The summed E-state index contributed by atoms with van der Waals surface area (Å²) in [6.45, 7) is 1.53. The van der Waals surface area contributed by atoms with Gasteiger partial charge in [0.1, 0.15) is 11.6 Å². The number of nitrogen functional groups attached to an aromatic ring is 1. The van der Waals surface area contributed by atoms with Gasteiger partial charge < -0.3 is 10.5 Å². The van der Waals surface area contributed by atoms with Crippen molar-refractivity contribution in [2.75, 3.05) is 18.9 Å². The van der Waals surface area contributed by atoms with Gasteiger partial charge in [-0.1, -0.05) is 0 Å². The first-order chi connectivity index (χ1) is 5.86. The third-order valence-corrected chi connectivity index (χ3v) is 1.99. The fourth-order valence-electron chi connectivity index (χ4n) is 1.32. The first-order valence-electron chi connectivity index (χ1n) is 4.02. The van der Waals surface area contributed by atoms with Gasteiger partial charge in [-0.25, -0.2) is 9.97 Å². The summed E-state index contributed by atoms with van der Waals surface area (Å²) >= 11 is 0. The van der Waals surface area contributed by atoms with Gasteiger partial charge in [0.25, 0.3) is 0 Å². The van der Waals surface area contributed by atoms with Crippen LogP contribution >= 0.6 is 0 Å². The zero-order valence-corrected chi connectivity index (χ0v) is 6.73. The Balaban J connectivity index is 2.21. The smallest absolute Gasteiger partial charge is 0.136 e. The molecule has 64 valence electrons. The molecule has 1 aliphatic heterocycles. The highest BCUT2D eigenvalue weighted by molar-refractivity contribution is 5.26. The number of hydrogen-bond donors (Lipinski definition) is 1. The number of nitrogens with two attached hydrogens (primary N) is 1. The van der Waals surface area contributed by atoms with Crippen molar-refractivity contribution >= 4 is 5.82 Å². The maximum Gasteiger partial charge on any atom is 0.136 e. The Labute approximate surface area is 70.8 Å². The SMILES string of the molecule is Nc1ccnc([C@@H]2CCOC2)n1. The van der Waals surface area contributed by atoms with Crippen LogP contribution in [0.15, 0.2) is 12.3 Å². The van der Waals surface area contributed by atoms with Crippen LogP contribution in [0.2, 0.25) is 0 Å². The van der Waals surface area contributed by atoms with Gasteiger partial charge in [0.2, 0.25) is 0 Å². The van der Waals surface area contributed by atoms with Gasteiger partial charge in [-0.2, -0.15) is 0 Å². The maximum atomic E-state index is 5.53. The molecule has 4 nitrogen and oxygen atoms in total. The molecule has 0 aromatic carbocycles. The standard InChI is InChI=1S/C8H11N3O/c9-7-1-3-10-8(11-7)6-2-4-12-5-6/h1,3,6H,2,4-5H2,(H2,9,10,11)/t6-/m1/s1. The highest BCUT2D eigenvalue weighted by Crippen LogP contribution is 2.21. The van der Waals surface area contributed by atoms with Gasteiger partial charge in [0, 0.05) is 18.7 Å². The normalized spacial score (nSPS) is 22.8. The van der Waals surface area contributed by atoms with Crippen molar-refractivity contribution in [2.24, 2.45) is 0 Å². The Morgan fingerprint density at radius 2 is 2.50 bits per heavy atom. The van der Waals surface area contributed by atoms with Gasteiger partial charge in [-0.05, 0) is 12.5 Å². The number of aromatic nitrogens is 2. The first kappa shape index (κ1) is 7.49. The molecule has 0 unspecified atom stereocenters. The minimum atomic E-state index is 0.341. The zero-order valence-electron chi connectivity index (χ0n) is 6.73. The molecule has 0 aliphatic carbocycles. The largest absolute Gasteiger partial charge is 0.384 e. The molecule has 1 aromatic heterocycles. The number of anilines is 1. The first-order valence-corrected chi connectivity index (χ1v) is 4.02. The highest BCUT2D eigenvalue weighted by Gasteiger charge is 2.20. The number of rotatable bonds is 1. The lowest BCUT2D eigenvalue weighted by atomic mass is 10.1. The number of hydrogen-bond acceptors (Lipinski definition) is 4. The molecule has 0 amide bonds. The fourth-order valence-corrected chi connectivity index (χ4v) is 1.32. The van der Waals surface area contributed by atoms with Crippen LogP contribution in [0.5, 0.6) is 0 Å². The summed E-state index contributed by atoms with van der Waals surface area (Å²) in [5.41, 5.74) is 5.53. The van der Waals surface area contributed by atoms with E-state index in [0.29, 0.717) is 11.7 Å². The molecule has 0 bridgehead atoms. The topological polar surface area (TPSA) is 61.0 Å². The van der Waals surface area contributed by atoms with Crippen molar-refractivity contribution < 1.29 is 4.74 Å². The van der Waals surface area contributed by atoms with E-state index in [4.69, 9.17) is 10.5 Å². The van der Waals surface area contributed by atoms with Crippen molar-refractivity contribution in [2.45, 2.75) is 12.3 Å². The van der Waals surface area contributed by atoms with E-state index in [2.05, 4.69) is 9.97 Å². The Kier molecular flexibility index (Phi) is 1.91. The van der Waals surface area contributed by atoms with Gasteiger partial charge in [-0.15, -0.1) is 0 Å². The summed E-state index contributed by atoms with van der Waals surface area (Å²) < 4.78 is 5.23. The third-order valence-electron chi connectivity index (χ3n) is 1.99. The quantitative estimate of drug-likeness (QED) is 0.660. The second kappa shape index (κ2) is 3.06. The lowest BCUT2D eigenvalue weighted by Gasteiger charge is -2.04. The second-order valence-electron chi connectivity index (χ2n) is 2.90. The van der Waals surface area contributed by atoms with Gasteiger partial charge in [-0.3, -0.25) is 0 Å². The van der Waals surface area contributed by atoms with E-state index in [1.807, 2.05) is 0 Å². The van der Waals surface area contributed by atoms with Crippen LogP contribution < -0.4 is 5.73 Å². The fraction of sp³-hybridized carbons (Fsp3) is 0.500. The monoisotopic (exact) mass is 165 g/mol. The molecule has 1 aromatic rings. The maximum absolute atomic E-state index is 5.53. The molecule has 1 atom stereocenters. The van der Waals surface area contributed by atoms with Gasteiger partial charge in [0.05, 0.1) is 6.61 Å². The van der Waals surface area contributed by atoms with E-state index < -0.39 is 0 Å². The number of ether oxygens (including phenoxy) is 1. The molecule has 1 aliphatic rings. The average molecular weight is 165 g/mol. The molecule has 0 spiro atoms. The summed E-state index contributed by atoms with van der Waals surface area (Å²) in [5.74, 6) is 1.69. The molecular formula is C8H11N3O. The summed E-state index contributed by atoms with van der Waals surface area (Å²) in [6.07, 6.45) is 2.69. The average Bonchev–Trinajstić information content (AvgIpc) is 2.56. The molecular weight excluding hydrogens is 154 g/mol. The molecule has 0 saturated carbocycles. The minimum Gasteiger partial charge on any atom is -0.384 e. The van der Waals surface area contributed by atoms with Crippen molar-refractivity contribution in [3.8, 4) is 0 Å². The molecule has 12 heavy (non-hydrogen) atoms. The van der Waals surface area contributed by atoms with E-state index in [9.17, 15) is 0 Å². The zero-order chi connectivity index (χ0) is 8.39. The Bertz CT molecular complexity index is 271. The summed E-state index contributed by atoms with van der Waals surface area (Å²) in [6, 6.07) is 1.69. The third kappa shape index (κ3) is 1.38. The summed E-state index contributed by atoms with van der Waals surface area (Å²) in [5, 5.41) is 0. The lowest BCUT2D eigenvalue weighted by molar-refractivity contribution is 0.193. The molecule has 1 fully saturated rings. The highest BCUT2D eigenvalue weighted by atomic mass is 16.5. The van der Waals surface area contributed by atoms with Crippen molar-refractivity contribution in [1.29, 1.82) is 0 Å². The molecule has 2 N–H and O–H groups in total. The predicted octanol–water partition coefficient (Wildman–Crippen LogP) is 0.563. The minimum absolute atomic E-state index is 0.341. The van der Waals surface area contributed by atoms with E-state index in [0.717, 1.165) is 25.5 Å². The van der Waals surface area contributed by atoms with Crippen molar-refractivity contribution in [3.63, 3.8) is 0 Å². The Morgan fingerprint density at radius 3 is 3.17 bits per heavy atom. The van der Waals surface area contributed by atoms with Crippen LogP contribution in [0.3, 0.4) is 0 Å². The van der Waals surface area contributed by atoms with Crippen LogP contribution in [0, 0.1) is 0 Å². The van der Waals surface area contributed by atoms with Crippen LogP contribution in [0.1, 0.15) is 18.2 Å². The van der Waals surface area contributed by atoms with Gasteiger partial charge in [0.15, 0.2) is 0 Å². The summed E-state index contributed by atoms with van der Waals surface area (Å²) in [7, 11) is 0. The van der Waals surface area contributed by atoms with Crippen LogP contribution in [-0.2, 0) is 4.74 Å². The molecule has 1 saturated heterocycles. The lowest BCUT2D eigenvalue weighted by Crippen LogP contribution is -2.05. The van der Waals surface area contributed by atoms with Crippen molar-refractivity contribution in [1.82, 2.24) is 9.97 Å². The van der Waals surface area contributed by atoms with E-state index >= 15 is 0 Å². The van der Waals surface area contributed by atoms with Crippen molar-refractivity contribution in [3.05, 3.63) is 18.1 Å². The predicted molar refractivity (Wildman–Crippen MR) is 44.6 cm³/mol. The molecule has 4 heteroatoms. The second-order valence-corrected chi connectivity index (χ2v) is 2.90. The molecule has 2 rings (SSSR count). The van der Waals surface area contributed by atoms with Gasteiger partial charge >= 0.3 is 0 Å². The summed E-state index contributed by atoms with van der Waals surface area (Å²) in [4.78, 5) is 8.29. The number of nitrogens with zero attached hydrogens (tertiary/aromatic N) is 2. The van der Waals surface area contributed by atoms with E-state index in [-0.39, 0.29) is 0 Å². The van der Waals surface area contributed by atoms with Crippen LogP contribution in [-0.4, -0.2) is 23.2 Å². The Morgan fingerprint density at radius 1 is 1.58 bits per heavy atom. The van der Waals surface area contributed by atoms with E-state index in [1.54, 1.807) is 12.3 Å². The van der Waals surface area contributed by atoms with E-state index in [1.165, 1.54) is 0 Å². The van der Waals surface area contributed by atoms with Crippen LogP contribution in [0.4, 0.5) is 5.82 Å². The molecule has 2 heterocycles. The Hall–Kier alpha value is -1.16.